The minimum Gasteiger partial charge on any atom is -0.447 e. The molecule has 1 amide bonds. The Bertz CT molecular complexity index is 665. The molecule has 0 saturated heterocycles. The molecule has 110 valence electrons. The molecule has 6 heteroatoms. The molecule has 0 aliphatic rings. The summed E-state index contributed by atoms with van der Waals surface area (Å²) in [5, 5.41) is 2.69. The van der Waals surface area contributed by atoms with Gasteiger partial charge in [-0.1, -0.05) is 12.1 Å². The van der Waals surface area contributed by atoms with E-state index < -0.39 is 18.0 Å². The van der Waals surface area contributed by atoms with E-state index in [1.165, 1.54) is 13.0 Å². The van der Waals surface area contributed by atoms with Gasteiger partial charge in [-0.25, -0.2) is 4.79 Å². The number of aryl methyl sites for hydroxylation is 1. The van der Waals surface area contributed by atoms with Gasteiger partial charge in [0, 0.05) is 5.69 Å². The molecule has 0 unspecified atom stereocenters. The van der Waals surface area contributed by atoms with Crippen LogP contribution in [0.3, 0.4) is 0 Å². The Labute approximate surface area is 130 Å². The molecule has 2 rings (SSSR count). The van der Waals surface area contributed by atoms with Crippen LogP contribution in [-0.2, 0) is 9.53 Å². The first-order valence-corrected chi connectivity index (χ1v) is 7.09. The molecular formula is C15H14BrNO4. The zero-order valence-electron chi connectivity index (χ0n) is 11.6. The predicted molar refractivity (Wildman–Crippen MR) is 81.1 cm³/mol. The van der Waals surface area contributed by atoms with E-state index in [1.54, 1.807) is 12.1 Å². The summed E-state index contributed by atoms with van der Waals surface area (Å²) in [5.74, 6) is -1.05. The van der Waals surface area contributed by atoms with Crippen molar-refractivity contribution in [2.75, 3.05) is 5.32 Å². The first-order valence-electron chi connectivity index (χ1n) is 6.29. The number of benzene rings is 1. The van der Waals surface area contributed by atoms with E-state index in [9.17, 15) is 9.59 Å². The average Bonchev–Trinajstić information content (AvgIpc) is 2.85. The molecule has 0 spiro atoms. The zero-order valence-corrected chi connectivity index (χ0v) is 13.1. The molecule has 21 heavy (non-hydrogen) atoms. The average molecular weight is 352 g/mol. The van der Waals surface area contributed by atoms with Crippen LogP contribution in [-0.4, -0.2) is 18.0 Å². The second-order valence-corrected chi connectivity index (χ2v) is 5.29. The summed E-state index contributed by atoms with van der Waals surface area (Å²) >= 11 is 3.09. The Kier molecular flexibility index (Phi) is 4.80. The Hall–Kier alpha value is -2.08. The Morgan fingerprint density at radius 1 is 1.29 bits per heavy atom. The summed E-state index contributed by atoms with van der Waals surface area (Å²) in [6, 6.07) is 10.4. The number of carbonyl (C=O) groups excluding carboxylic acids is 2. The van der Waals surface area contributed by atoms with E-state index in [2.05, 4.69) is 21.2 Å². The number of amides is 1. The highest BCUT2D eigenvalue weighted by Gasteiger charge is 2.21. The lowest BCUT2D eigenvalue weighted by atomic mass is 10.2. The second-order valence-electron chi connectivity index (χ2n) is 4.51. The number of ether oxygens (including phenoxy) is 1. The van der Waals surface area contributed by atoms with Crippen molar-refractivity contribution < 1.29 is 18.7 Å². The number of carbonyl (C=O) groups is 2. The first kappa shape index (κ1) is 15.3. The van der Waals surface area contributed by atoms with Gasteiger partial charge >= 0.3 is 5.97 Å². The van der Waals surface area contributed by atoms with Crippen molar-refractivity contribution in [3.8, 4) is 0 Å². The monoisotopic (exact) mass is 351 g/mol. The molecule has 0 bridgehead atoms. The third-order valence-corrected chi connectivity index (χ3v) is 3.14. The summed E-state index contributed by atoms with van der Waals surface area (Å²) < 4.78 is 10.5. The smallest absolute Gasteiger partial charge is 0.375 e. The van der Waals surface area contributed by atoms with Crippen LogP contribution in [0.5, 0.6) is 0 Å². The maximum atomic E-state index is 12.0. The summed E-state index contributed by atoms with van der Waals surface area (Å²) in [7, 11) is 0. The Balaban J connectivity index is 1.95. The quantitative estimate of drug-likeness (QED) is 0.855. The van der Waals surface area contributed by atoms with Crippen LogP contribution in [0.1, 0.15) is 23.0 Å². The van der Waals surface area contributed by atoms with Crippen LogP contribution in [0.2, 0.25) is 0 Å². The van der Waals surface area contributed by atoms with Crippen molar-refractivity contribution in [1.29, 1.82) is 0 Å². The van der Waals surface area contributed by atoms with Crippen LogP contribution in [0.15, 0.2) is 45.5 Å². The number of halogens is 1. The van der Waals surface area contributed by atoms with Crippen LogP contribution < -0.4 is 5.32 Å². The van der Waals surface area contributed by atoms with Gasteiger partial charge in [0.2, 0.25) is 5.76 Å². The van der Waals surface area contributed by atoms with Gasteiger partial charge in [-0.15, -0.1) is 0 Å². The molecule has 0 aliphatic heterocycles. The zero-order chi connectivity index (χ0) is 15.4. The fraction of sp³-hybridized carbons (Fsp3) is 0.200. The van der Waals surface area contributed by atoms with Crippen molar-refractivity contribution in [3.63, 3.8) is 0 Å². The van der Waals surface area contributed by atoms with Gasteiger partial charge < -0.3 is 14.5 Å². The third kappa shape index (κ3) is 4.19. The molecule has 1 aromatic carbocycles. The topological polar surface area (TPSA) is 68.5 Å². The maximum Gasteiger partial charge on any atom is 0.375 e. The summed E-state index contributed by atoms with van der Waals surface area (Å²) in [4.78, 5) is 23.7. The molecule has 0 aliphatic carbocycles. The van der Waals surface area contributed by atoms with Gasteiger partial charge in [0.05, 0.1) is 0 Å². The van der Waals surface area contributed by atoms with Gasteiger partial charge in [0.1, 0.15) is 0 Å². The largest absolute Gasteiger partial charge is 0.447 e. The molecule has 1 atom stereocenters. The second kappa shape index (κ2) is 6.58. The predicted octanol–water partition coefficient (Wildman–Crippen LogP) is 3.53. The van der Waals surface area contributed by atoms with Gasteiger partial charge in [-0.05, 0) is 59.6 Å². The lowest BCUT2D eigenvalue weighted by Gasteiger charge is -2.13. The number of furan rings is 1. The number of esters is 1. The normalized spacial score (nSPS) is 11.8. The molecule has 1 N–H and O–H groups in total. The molecule has 0 saturated carbocycles. The molecular weight excluding hydrogens is 338 g/mol. The summed E-state index contributed by atoms with van der Waals surface area (Å²) in [5.41, 5.74) is 1.68. The van der Waals surface area contributed by atoms with Crippen molar-refractivity contribution in [2.45, 2.75) is 20.0 Å². The van der Waals surface area contributed by atoms with Gasteiger partial charge in [0.15, 0.2) is 10.8 Å². The van der Waals surface area contributed by atoms with Crippen molar-refractivity contribution in [1.82, 2.24) is 0 Å². The van der Waals surface area contributed by atoms with E-state index in [0.717, 1.165) is 5.56 Å². The lowest BCUT2D eigenvalue weighted by molar-refractivity contribution is -0.123. The van der Waals surface area contributed by atoms with E-state index in [0.29, 0.717) is 10.4 Å². The van der Waals surface area contributed by atoms with Crippen LogP contribution in [0.25, 0.3) is 0 Å². The number of nitrogens with one attached hydrogen (secondary N) is 1. The number of anilines is 1. The van der Waals surface area contributed by atoms with Gasteiger partial charge in [-0.2, -0.15) is 0 Å². The highest BCUT2D eigenvalue weighted by Crippen LogP contribution is 2.16. The highest BCUT2D eigenvalue weighted by molar-refractivity contribution is 9.10. The minimum atomic E-state index is -0.929. The molecule has 5 nitrogen and oxygen atoms in total. The van der Waals surface area contributed by atoms with Gasteiger partial charge in [-0.3, -0.25) is 4.79 Å². The molecule has 1 aromatic heterocycles. The van der Waals surface area contributed by atoms with Crippen LogP contribution in [0.4, 0.5) is 5.69 Å². The standard InChI is InChI=1S/C15H14BrNO4/c1-9-4-3-5-11(8-9)17-14(18)10(2)20-15(19)12-6-7-13(16)21-12/h3-8,10H,1-2H3,(H,17,18)/t10-/m0/s1. The van der Waals surface area contributed by atoms with Crippen molar-refractivity contribution in [3.05, 3.63) is 52.4 Å². The van der Waals surface area contributed by atoms with Crippen LogP contribution >= 0.6 is 15.9 Å². The summed E-state index contributed by atoms with van der Waals surface area (Å²) in [6.45, 7) is 3.43. The van der Waals surface area contributed by atoms with E-state index >= 15 is 0 Å². The molecule has 0 fully saturated rings. The number of rotatable bonds is 4. The van der Waals surface area contributed by atoms with E-state index in [-0.39, 0.29) is 5.76 Å². The lowest BCUT2D eigenvalue weighted by Crippen LogP contribution is -2.29. The fourth-order valence-electron chi connectivity index (χ4n) is 1.66. The maximum absolute atomic E-state index is 12.0. The third-order valence-electron chi connectivity index (χ3n) is 2.71. The minimum absolute atomic E-state index is 0.0390. The Morgan fingerprint density at radius 3 is 2.67 bits per heavy atom. The first-order chi connectivity index (χ1) is 9.95. The van der Waals surface area contributed by atoms with Crippen molar-refractivity contribution >= 4 is 33.5 Å². The number of hydrogen-bond donors (Lipinski definition) is 1. The molecule has 0 radical (unpaired) electrons. The Morgan fingerprint density at radius 2 is 2.05 bits per heavy atom. The molecule has 1 heterocycles. The summed E-state index contributed by atoms with van der Waals surface area (Å²) in [6.07, 6.45) is -0.929. The number of hydrogen-bond acceptors (Lipinski definition) is 4. The van der Waals surface area contributed by atoms with Crippen molar-refractivity contribution in [2.24, 2.45) is 0 Å². The van der Waals surface area contributed by atoms with E-state index in [4.69, 9.17) is 9.15 Å². The van der Waals surface area contributed by atoms with Gasteiger partial charge in [0.25, 0.3) is 5.91 Å². The SMILES string of the molecule is Cc1cccc(NC(=O)[C@H](C)OC(=O)c2ccc(Br)o2)c1. The van der Waals surface area contributed by atoms with Crippen LogP contribution in [0, 0.1) is 6.92 Å². The van der Waals surface area contributed by atoms with E-state index in [1.807, 2.05) is 25.1 Å². The molecule has 2 aromatic rings. The highest BCUT2D eigenvalue weighted by atomic mass is 79.9. The fourth-order valence-corrected chi connectivity index (χ4v) is 1.97.